The lowest BCUT2D eigenvalue weighted by Crippen LogP contribution is -2.06. The number of aliphatic carboxylic acids is 1. The second-order valence-corrected chi connectivity index (χ2v) is 6.24. The highest BCUT2D eigenvalue weighted by molar-refractivity contribution is 5.70. The molecule has 0 fully saturated rings. The van der Waals surface area contributed by atoms with Gasteiger partial charge < -0.3 is 9.84 Å². The van der Waals surface area contributed by atoms with E-state index in [2.05, 4.69) is 0 Å². The molecule has 0 aliphatic rings. The second-order valence-electron chi connectivity index (χ2n) is 6.24. The highest BCUT2D eigenvalue weighted by Gasteiger charge is 2.33. The van der Waals surface area contributed by atoms with E-state index in [1.807, 2.05) is 0 Å². The third kappa shape index (κ3) is 4.91. The van der Waals surface area contributed by atoms with Gasteiger partial charge in [-0.3, -0.25) is 4.79 Å². The van der Waals surface area contributed by atoms with Crippen LogP contribution in [0, 0.1) is 0 Å². The first kappa shape index (κ1) is 19.5. The molecule has 0 heterocycles. The van der Waals surface area contributed by atoms with Gasteiger partial charge in [-0.15, -0.1) is 0 Å². The predicted octanol–water partition coefficient (Wildman–Crippen LogP) is 5.58. The van der Waals surface area contributed by atoms with Crippen molar-refractivity contribution in [3.05, 3.63) is 89.5 Å². The van der Waals surface area contributed by atoms with E-state index in [9.17, 15) is 18.0 Å². The minimum atomic E-state index is -4.41. The molecule has 3 aromatic carbocycles. The topological polar surface area (TPSA) is 46.5 Å². The third-order valence-corrected chi connectivity index (χ3v) is 4.18. The molecule has 144 valence electrons. The van der Waals surface area contributed by atoms with Crippen molar-refractivity contribution in [2.75, 3.05) is 0 Å². The number of hydrogen-bond donors (Lipinski definition) is 1. The van der Waals surface area contributed by atoms with Crippen LogP contribution >= 0.6 is 0 Å². The maximum absolute atomic E-state index is 13.2. The molecule has 0 aliphatic heterocycles. The first-order valence-corrected chi connectivity index (χ1v) is 8.52. The van der Waals surface area contributed by atoms with Crippen LogP contribution in [0.15, 0.2) is 72.8 Å². The Morgan fingerprint density at radius 3 is 2.07 bits per heavy atom. The molecule has 0 bridgehead atoms. The fourth-order valence-electron chi connectivity index (χ4n) is 2.81. The summed E-state index contributed by atoms with van der Waals surface area (Å²) in [6, 6.07) is 18.9. The van der Waals surface area contributed by atoms with Crippen molar-refractivity contribution in [3.8, 4) is 16.9 Å². The van der Waals surface area contributed by atoms with E-state index in [1.165, 1.54) is 12.1 Å². The van der Waals surface area contributed by atoms with Gasteiger partial charge in [0.1, 0.15) is 12.4 Å². The fourth-order valence-corrected chi connectivity index (χ4v) is 2.81. The van der Waals surface area contributed by atoms with E-state index in [1.54, 1.807) is 54.6 Å². The van der Waals surface area contributed by atoms with Gasteiger partial charge >= 0.3 is 12.1 Å². The molecule has 3 nitrogen and oxygen atoms in total. The van der Waals surface area contributed by atoms with E-state index < -0.39 is 17.7 Å². The van der Waals surface area contributed by atoms with Gasteiger partial charge in [-0.2, -0.15) is 13.2 Å². The molecule has 0 amide bonds. The van der Waals surface area contributed by atoms with Crippen LogP contribution in [0.1, 0.15) is 16.7 Å². The first-order chi connectivity index (χ1) is 13.3. The molecule has 0 radical (unpaired) electrons. The minimum Gasteiger partial charge on any atom is -0.489 e. The summed E-state index contributed by atoms with van der Waals surface area (Å²) in [6.45, 7) is 0.249. The maximum Gasteiger partial charge on any atom is 0.417 e. The summed E-state index contributed by atoms with van der Waals surface area (Å²) < 4.78 is 45.2. The van der Waals surface area contributed by atoms with Crippen LogP contribution in [0.5, 0.6) is 5.75 Å². The molecule has 3 aromatic rings. The number of carbonyl (C=O) groups is 1. The van der Waals surface area contributed by atoms with Gasteiger partial charge in [0.05, 0.1) is 12.0 Å². The highest BCUT2D eigenvalue weighted by Crippen LogP contribution is 2.36. The monoisotopic (exact) mass is 386 g/mol. The molecule has 6 heteroatoms. The number of halogens is 3. The Kier molecular flexibility index (Phi) is 5.68. The van der Waals surface area contributed by atoms with Crippen molar-refractivity contribution in [3.63, 3.8) is 0 Å². The summed E-state index contributed by atoms with van der Waals surface area (Å²) in [5.74, 6) is -0.318. The smallest absolute Gasteiger partial charge is 0.417 e. The Labute approximate surface area is 160 Å². The Hall–Kier alpha value is -3.28. The molecule has 0 unspecified atom stereocenters. The summed E-state index contributed by atoms with van der Waals surface area (Å²) in [7, 11) is 0. The molecule has 0 spiro atoms. The third-order valence-electron chi connectivity index (χ3n) is 4.18. The lowest BCUT2D eigenvalue weighted by atomic mass is 9.98. The second kappa shape index (κ2) is 8.17. The zero-order valence-corrected chi connectivity index (χ0v) is 14.7. The van der Waals surface area contributed by atoms with Crippen LogP contribution in [0.4, 0.5) is 13.2 Å². The number of hydrogen-bond acceptors (Lipinski definition) is 2. The molecule has 0 aliphatic carbocycles. The van der Waals surface area contributed by atoms with E-state index in [0.717, 1.165) is 11.6 Å². The van der Waals surface area contributed by atoms with Gasteiger partial charge in [0.25, 0.3) is 0 Å². The lowest BCUT2D eigenvalue weighted by molar-refractivity contribution is -0.137. The molecule has 0 saturated carbocycles. The van der Waals surface area contributed by atoms with Crippen LogP contribution in [0.25, 0.3) is 11.1 Å². The first-order valence-electron chi connectivity index (χ1n) is 8.52. The van der Waals surface area contributed by atoms with Gasteiger partial charge in [0.2, 0.25) is 0 Å². The fraction of sp³-hybridized carbons (Fsp3) is 0.136. The molecule has 0 atom stereocenters. The van der Waals surface area contributed by atoms with Crippen LogP contribution in [0.3, 0.4) is 0 Å². The van der Waals surface area contributed by atoms with Crippen molar-refractivity contribution in [1.29, 1.82) is 0 Å². The van der Waals surface area contributed by atoms with Crippen molar-refractivity contribution >= 4 is 5.97 Å². The summed E-state index contributed by atoms with van der Waals surface area (Å²) in [5.41, 5.74) is 1.43. The van der Waals surface area contributed by atoms with E-state index >= 15 is 0 Å². The van der Waals surface area contributed by atoms with Crippen molar-refractivity contribution in [2.45, 2.75) is 19.2 Å². The normalized spacial score (nSPS) is 11.2. The molecule has 28 heavy (non-hydrogen) atoms. The summed E-state index contributed by atoms with van der Waals surface area (Å²) in [4.78, 5) is 10.7. The van der Waals surface area contributed by atoms with Gasteiger partial charge in [-0.25, -0.2) is 0 Å². The number of carboxylic acids is 1. The average molecular weight is 386 g/mol. The van der Waals surface area contributed by atoms with Gasteiger partial charge in [-0.1, -0.05) is 54.6 Å². The predicted molar refractivity (Wildman–Crippen MR) is 99.0 cm³/mol. The van der Waals surface area contributed by atoms with Crippen molar-refractivity contribution in [1.82, 2.24) is 0 Å². The van der Waals surface area contributed by atoms with E-state index in [-0.39, 0.29) is 18.6 Å². The molecule has 3 rings (SSSR count). The standard InChI is InChI=1S/C22H17F3O3/c23-22(24,25)20-4-2-1-3-19(20)17-9-5-16(6-10-17)14-28-18-11-7-15(8-12-18)13-21(26)27/h1-12H,13-14H2,(H,26,27). The number of rotatable bonds is 6. The number of ether oxygens (including phenoxy) is 1. The number of alkyl halides is 3. The Bertz CT molecular complexity index is 946. The van der Waals surface area contributed by atoms with Gasteiger partial charge in [-0.05, 0) is 40.5 Å². The average Bonchev–Trinajstić information content (AvgIpc) is 2.67. The van der Waals surface area contributed by atoms with E-state index in [0.29, 0.717) is 16.9 Å². The Morgan fingerprint density at radius 1 is 0.857 bits per heavy atom. The number of carboxylic acid groups (broad SMARTS) is 1. The van der Waals surface area contributed by atoms with Crippen LogP contribution in [-0.4, -0.2) is 11.1 Å². The largest absolute Gasteiger partial charge is 0.489 e. The van der Waals surface area contributed by atoms with Gasteiger partial charge in [0.15, 0.2) is 0 Å². The molecular weight excluding hydrogens is 369 g/mol. The number of benzene rings is 3. The van der Waals surface area contributed by atoms with Crippen molar-refractivity contribution in [2.24, 2.45) is 0 Å². The van der Waals surface area contributed by atoms with Crippen LogP contribution < -0.4 is 4.74 Å². The lowest BCUT2D eigenvalue weighted by Gasteiger charge is -2.13. The van der Waals surface area contributed by atoms with E-state index in [4.69, 9.17) is 9.84 Å². The minimum absolute atomic E-state index is 0.0544. The summed E-state index contributed by atoms with van der Waals surface area (Å²) >= 11 is 0. The van der Waals surface area contributed by atoms with Crippen molar-refractivity contribution < 1.29 is 27.8 Å². The maximum atomic E-state index is 13.2. The summed E-state index contributed by atoms with van der Waals surface area (Å²) in [5, 5.41) is 8.76. The molecule has 0 aromatic heterocycles. The van der Waals surface area contributed by atoms with Gasteiger partial charge in [0, 0.05) is 0 Å². The highest BCUT2D eigenvalue weighted by atomic mass is 19.4. The quantitative estimate of drug-likeness (QED) is 0.602. The molecular formula is C22H17F3O3. The SMILES string of the molecule is O=C(O)Cc1ccc(OCc2ccc(-c3ccccc3C(F)(F)F)cc2)cc1. The zero-order valence-electron chi connectivity index (χ0n) is 14.7. The summed E-state index contributed by atoms with van der Waals surface area (Å²) in [6.07, 6.45) is -4.47. The Balaban J connectivity index is 1.68. The van der Waals surface area contributed by atoms with Crippen LogP contribution in [-0.2, 0) is 24.0 Å². The molecule has 0 saturated heterocycles. The van der Waals surface area contributed by atoms with Crippen LogP contribution in [0.2, 0.25) is 0 Å². The zero-order chi connectivity index (χ0) is 20.1. The Morgan fingerprint density at radius 2 is 1.46 bits per heavy atom. The molecule has 1 N–H and O–H groups in total.